The average molecular weight is 558 g/mol. The van der Waals surface area contributed by atoms with Gasteiger partial charge < -0.3 is 4.57 Å². The van der Waals surface area contributed by atoms with E-state index in [2.05, 4.69) is 54.8 Å². The molecule has 0 bridgehead atoms. The van der Waals surface area contributed by atoms with Crippen LogP contribution >= 0.6 is 0 Å². The van der Waals surface area contributed by atoms with Crippen molar-refractivity contribution in [3.05, 3.63) is 65.0 Å². The fourth-order valence-corrected chi connectivity index (χ4v) is 4.36. The van der Waals surface area contributed by atoms with Gasteiger partial charge in [-0.3, -0.25) is 0 Å². The molecule has 0 saturated heterocycles. The molecule has 4 aromatic rings. The number of fused-ring (bicyclic) bond motifs is 7. The first-order valence-electron chi connectivity index (χ1n) is 8.06. The zero-order valence-electron chi connectivity index (χ0n) is 13.9. The second-order valence-corrected chi connectivity index (χ2v) is 7.63. The zero-order chi connectivity index (χ0) is 15.7. The molecule has 0 fully saturated rings. The molecule has 0 N–H and O–H groups in total. The summed E-state index contributed by atoms with van der Waals surface area (Å²) < 4.78 is 3.85. The van der Waals surface area contributed by atoms with Gasteiger partial charge in [-0.25, -0.2) is 4.98 Å². The Labute approximate surface area is 143 Å². The topological polar surface area (TPSA) is 17.8 Å². The molecule has 0 unspecified atom stereocenters. The van der Waals surface area contributed by atoms with Gasteiger partial charge in [0.2, 0.25) is 0 Å². The van der Waals surface area contributed by atoms with E-state index >= 15 is 0 Å². The predicted molar refractivity (Wildman–Crippen MR) is 97.9 cm³/mol. The zero-order valence-corrected chi connectivity index (χ0v) is 18.7. The van der Waals surface area contributed by atoms with Crippen LogP contribution in [-0.4, -0.2) is 25.8 Å². The molecule has 119 valence electrons. The molecule has 2 heterocycles. The van der Waals surface area contributed by atoms with Crippen LogP contribution in [0.25, 0.3) is 27.5 Å². The molecule has 0 spiro atoms. The van der Waals surface area contributed by atoms with Gasteiger partial charge in [0.1, 0.15) is 5.82 Å². The summed E-state index contributed by atoms with van der Waals surface area (Å²) in [6.07, 6.45) is 0.917. The number of rotatable bonds is 0. The van der Waals surface area contributed by atoms with Crippen molar-refractivity contribution >= 4 is 42.5 Å². The summed E-state index contributed by atoms with van der Waals surface area (Å²) in [5.74, 6) is 1.16. The van der Waals surface area contributed by atoms with E-state index in [1.807, 2.05) is 6.07 Å². The van der Waals surface area contributed by atoms with Gasteiger partial charge >= 0.3 is 0 Å². The van der Waals surface area contributed by atoms with Crippen molar-refractivity contribution < 1.29 is 0 Å². The SMILES string of the molecule is Cc1[c-]ccc2c1-n1c(nc3ccc4cc[c]([AlH2])c(C)c4c31)C2.[Bk]. The third kappa shape index (κ3) is 1.64. The molecule has 3 aromatic carbocycles. The third-order valence-corrected chi connectivity index (χ3v) is 6.30. The maximum absolute atomic E-state index is 4.93. The summed E-state index contributed by atoms with van der Waals surface area (Å²) in [5.41, 5.74) is 7.65. The minimum atomic E-state index is 0. The van der Waals surface area contributed by atoms with E-state index in [0.29, 0.717) is 0 Å². The Morgan fingerprint density at radius 1 is 1.12 bits per heavy atom. The van der Waals surface area contributed by atoms with E-state index in [-0.39, 0.29) is 0 Å². The minimum absolute atomic E-state index is 0. The average Bonchev–Trinajstić information content (AvgIpc) is 3.06. The van der Waals surface area contributed by atoms with Gasteiger partial charge in [0.15, 0.2) is 0 Å². The molecule has 0 amide bonds. The van der Waals surface area contributed by atoms with Gasteiger partial charge in [0.25, 0.3) is 16.3 Å². The molecule has 1 aromatic heterocycles. The summed E-state index contributed by atoms with van der Waals surface area (Å²) in [6, 6.07) is 16.5. The van der Waals surface area contributed by atoms with E-state index in [1.54, 1.807) is 0 Å². The van der Waals surface area contributed by atoms with Gasteiger partial charge in [-0.15, -0.1) is 15.6 Å². The number of nitrogens with zero attached hydrogens (tertiary/aromatic N) is 2. The van der Waals surface area contributed by atoms with E-state index in [0.717, 1.165) is 34.1 Å². The van der Waals surface area contributed by atoms with Crippen molar-refractivity contribution in [1.29, 1.82) is 0 Å². The normalized spacial score (nSPS) is 12.2. The largest absolute Gasteiger partial charge is 0.351 e. The van der Waals surface area contributed by atoms with Crippen molar-refractivity contribution in [3.63, 3.8) is 0 Å². The Hall–Kier alpha value is -3.08. The van der Waals surface area contributed by atoms with Crippen LogP contribution in [0, 0.1) is 19.9 Å². The first kappa shape index (κ1) is 14.5. The number of benzene rings is 3. The summed E-state index contributed by atoms with van der Waals surface area (Å²) in [7, 11) is 0. The third-order valence-electron chi connectivity index (χ3n) is 5.22. The molecular weight excluding hydrogens is 542 g/mol. The first-order valence-corrected chi connectivity index (χ1v) is 9.06. The Balaban J connectivity index is 0.00000146. The maximum atomic E-state index is 4.93. The molecule has 0 saturated carbocycles. The second kappa shape index (κ2) is 4.71. The van der Waals surface area contributed by atoms with E-state index < -0.39 is 0 Å². The maximum Gasteiger partial charge on any atom is 0.259 e. The second-order valence-electron chi connectivity index (χ2n) is 6.56. The molecular formula is C20H16AlBkN2-. The summed E-state index contributed by atoms with van der Waals surface area (Å²) in [4.78, 5) is 4.93. The molecule has 1 aliphatic rings. The predicted octanol–water partition coefficient (Wildman–Crippen LogP) is 2.76. The van der Waals surface area contributed by atoms with E-state index in [1.165, 1.54) is 43.1 Å². The fraction of sp³-hybridized carbons (Fsp3) is 0.150. The van der Waals surface area contributed by atoms with Crippen LogP contribution < -0.4 is 4.43 Å². The van der Waals surface area contributed by atoms with Crippen molar-refractivity contribution in [3.8, 4) is 5.69 Å². The number of hydrogen-bond donors (Lipinski definition) is 0. The van der Waals surface area contributed by atoms with E-state index in [4.69, 9.17) is 4.98 Å². The quantitative estimate of drug-likeness (QED) is 0.211. The molecule has 0 atom stereocenters. The van der Waals surface area contributed by atoms with Crippen LogP contribution in [-0.2, 0) is 6.42 Å². The van der Waals surface area contributed by atoms with Crippen LogP contribution in [0.5, 0.6) is 0 Å². The van der Waals surface area contributed by atoms with Gasteiger partial charge in [-0.2, -0.15) is 18.2 Å². The Bertz CT molecular complexity index is 1130. The number of aryl methyl sites for hydroxylation is 2. The molecule has 1 aliphatic heterocycles. The fourth-order valence-electron chi connectivity index (χ4n) is 3.94. The van der Waals surface area contributed by atoms with Crippen LogP contribution in [0.15, 0.2) is 36.4 Å². The molecule has 4 heteroatoms. The molecule has 5 rings (SSSR count). The summed E-state index contributed by atoms with van der Waals surface area (Å²) >= 11 is 1.07. The van der Waals surface area contributed by atoms with Gasteiger partial charge in [0, 0.05) is 11.8 Å². The summed E-state index contributed by atoms with van der Waals surface area (Å²) in [5, 5.41) is 2.67. The number of hydrogen-bond acceptors (Lipinski definition) is 1. The van der Waals surface area contributed by atoms with Crippen LogP contribution in [0.1, 0.15) is 22.5 Å². The molecule has 2 nitrogen and oxygen atoms in total. The Kier molecular flexibility index (Phi) is 2.85. The van der Waals surface area contributed by atoms with Crippen molar-refractivity contribution in [2.75, 3.05) is 0 Å². The monoisotopic (exact) mass is 558 g/mol. The van der Waals surface area contributed by atoms with Crippen LogP contribution in [0.4, 0.5) is 0 Å². The van der Waals surface area contributed by atoms with Crippen LogP contribution in [0.2, 0.25) is 0 Å². The van der Waals surface area contributed by atoms with Gasteiger partial charge in [-0.1, -0.05) is 36.4 Å². The van der Waals surface area contributed by atoms with Gasteiger partial charge in [0.05, 0.1) is 11.0 Å². The van der Waals surface area contributed by atoms with Crippen molar-refractivity contribution in [2.24, 2.45) is 0 Å². The first-order chi connectivity index (χ1) is 11.1. The van der Waals surface area contributed by atoms with E-state index in [9.17, 15) is 0 Å². The number of aromatic nitrogens is 2. The molecule has 0 aliphatic carbocycles. The van der Waals surface area contributed by atoms with Crippen LogP contribution in [0.3, 0.4) is 0 Å². The smallest absolute Gasteiger partial charge is 0.259 e. The summed E-state index contributed by atoms with van der Waals surface area (Å²) in [6.45, 7) is 4.40. The Morgan fingerprint density at radius 3 is 2.75 bits per heavy atom. The molecule has 24 heavy (non-hydrogen) atoms. The Morgan fingerprint density at radius 2 is 1.92 bits per heavy atom. The van der Waals surface area contributed by atoms with Gasteiger partial charge in [-0.05, 0) is 18.4 Å². The van der Waals surface area contributed by atoms with Crippen molar-refractivity contribution in [2.45, 2.75) is 20.3 Å². The minimum Gasteiger partial charge on any atom is -0.351 e. The standard InChI is InChI=1S/C20H14N2.Al.Bk.2H/c1-12-5-3-7-14-9-10-16-20(18(12)14)22-17(21-16)11-15-8-4-6-13(2)19(15)22;;;;/h3-4,7-10H,11H2,1-2H3;;;;/q-1;;;;. The molecule has 1 radical (unpaired) electrons. The van der Waals surface area contributed by atoms with Crippen molar-refractivity contribution in [1.82, 2.24) is 9.55 Å². The number of imidazole rings is 1.